The van der Waals surface area contributed by atoms with Crippen LogP contribution in [0.5, 0.6) is 5.75 Å². The molecule has 1 heterocycles. The first-order valence-electron chi connectivity index (χ1n) is 9.01. The summed E-state index contributed by atoms with van der Waals surface area (Å²) in [6.07, 6.45) is 2.02. The molecule has 2 aromatic carbocycles. The Morgan fingerprint density at radius 1 is 1.14 bits per heavy atom. The van der Waals surface area contributed by atoms with Crippen molar-refractivity contribution in [3.8, 4) is 5.75 Å². The average molecular weight is 423 g/mol. The monoisotopic (exact) mass is 422 g/mol. The molecule has 0 bridgehead atoms. The van der Waals surface area contributed by atoms with E-state index in [0.29, 0.717) is 21.9 Å². The average Bonchev–Trinajstić information content (AvgIpc) is 3.22. The molecule has 150 valence electrons. The second-order valence-electron chi connectivity index (χ2n) is 6.74. The highest BCUT2D eigenvalue weighted by atomic mass is 35.5. The fraction of sp³-hybridized carbons (Fsp3) is 0.350. The maximum absolute atomic E-state index is 12.8. The van der Waals surface area contributed by atoms with Crippen LogP contribution >= 0.6 is 11.6 Å². The van der Waals surface area contributed by atoms with Gasteiger partial charge < -0.3 is 9.64 Å². The van der Waals surface area contributed by atoms with Crippen LogP contribution in [-0.4, -0.2) is 50.8 Å². The van der Waals surface area contributed by atoms with Crippen LogP contribution in [0, 0.1) is 0 Å². The van der Waals surface area contributed by atoms with E-state index in [-0.39, 0.29) is 17.3 Å². The van der Waals surface area contributed by atoms with Crippen molar-refractivity contribution in [2.45, 2.75) is 24.3 Å². The molecule has 1 amide bonds. The SMILES string of the molecule is COc1ccc(C(=O)N2CCCC2)cc1CN(C)S(=O)(=O)c1ccc(Cl)cc1. The molecule has 0 radical (unpaired) electrons. The smallest absolute Gasteiger partial charge is 0.253 e. The zero-order valence-electron chi connectivity index (χ0n) is 15.9. The number of methoxy groups -OCH3 is 1. The molecule has 0 atom stereocenters. The van der Waals surface area contributed by atoms with Gasteiger partial charge in [-0.2, -0.15) is 4.31 Å². The summed E-state index contributed by atoms with van der Waals surface area (Å²) in [6.45, 7) is 1.59. The van der Waals surface area contributed by atoms with Gasteiger partial charge in [0.05, 0.1) is 12.0 Å². The van der Waals surface area contributed by atoms with Crippen LogP contribution in [0.4, 0.5) is 0 Å². The predicted octanol–water partition coefficient (Wildman–Crippen LogP) is 3.41. The van der Waals surface area contributed by atoms with Crippen LogP contribution in [0.2, 0.25) is 5.02 Å². The number of hydrogen-bond donors (Lipinski definition) is 0. The quantitative estimate of drug-likeness (QED) is 0.715. The summed E-state index contributed by atoms with van der Waals surface area (Å²) in [5.41, 5.74) is 1.17. The molecule has 1 saturated heterocycles. The second-order valence-corrected chi connectivity index (χ2v) is 9.22. The third-order valence-corrected chi connectivity index (χ3v) is 6.91. The van der Waals surface area contributed by atoms with Crippen LogP contribution in [0.15, 0.2) is 47.4 Å². The van der Waals surface area contributed by atoms with Gasteiger partial charge in [0.2, 0.25) is 10.0 Å². The van der Waals surface area contributed by atoms with Gasteiger partial charge in [-0.25, -0.2) is 8.42 Å². The van der Waals surface area contributed by atoms with E-state index in [1.54, 1.807) is 18.2 Å². The predicted molar refractivity (Wildman–Crippen MR) is 108 cm³/mol. The maximum Gasteiger partial charge on any atom is 0.253 e. The van der Waals surface area contributed by atoms with E-state index < -0.39 is 10.0 Å². The highest BCUT2D eigenvalue weighted by Crippen LogP contribution is 2.26. The molecular weight excluding hydrogens is 400 g/mol. The van der Waals surface area contributed by atoms with Crippen molar-refractivity contribution in [3.63, 3.8) is 0 Å². The first-order valence-corrected chi connectivity index (χ1v) is 10.8. The Morgan fingerprint density at radius 3 is 2.39 bits per heavy atom. The van der Waals surface area contributed by atoms with Crippen LogP contribution in [-0.2, 0) is 16.6 Å². The molecule has 1 fully saturated rings. The number of ether oxygens (including phenoxy) is 1. The number of rotatable bonds is 6. The molecule has 0 aromatic heterocycles. The number of hydrogen-bond acceptors (Lipinski definition) is 4. The summed E-state index contributed by atoms with van der Waals surface area (Å²) in [4.78, 5) is 14.7. The van der Waals surface area contributed by atoms with Crippen molar-refractivity contribution in [2.24, 2.45) is 0 Å². The van der Waals surface area contributed by atoms with E-state index >= 15 is 0 Å². The maximum atomic E-state index is 12.8. The molecule has 0 unspecified atom stereocenters. The lowest BCUT2D eigenvalue weighted by atomic mass is 10.1. The zero-order chi connectivity index (χ0) is 20.3. The number of nitrogens with zero attached hydrogens (tertiary/aromatic N) is 2. The summed E-state index contributed by atoms with van der Waals surface area (Å²) in [5, 5.41) is 0.469. The minimum Gasteiger partial charge on any atom is -0.496 e. The van der Waals surface area contributed by atoms with Gasteiger partial charge in [-0.15, -0.1) is 0 Å². The van der Waals surface area contributed by atoms with E-state index in [1.807, 2.05) is 4.90 Å². The van der Waals surface area contributed by atoms with Gasteiger partial charge in [0.15, 0.2) is 0 Å². The van der Waals surface area contributed by atoms with E-state index in [1.165, 1.54) is 42.7 Å². The van der Waals surface area contributed by atoms with Crippen LogP contribution in [0.1, 0.15) is 28.8 Å². The van der Waals surface area contributed by atoms with Gasteiger partial charge in [0.25, 0.3) is 5.91 Å². The third kappa shape index (κ3) is 4.32. The molecule has 8 heteroatoms. The fourth-order valence-corrected chi connectivity index (χ4v) is 4.52. The van der Waals surface area contributed by atoms with Gasteiger partial charge in [0.1, 0.15) is 5.75 Å². The molecule has 0 spiro atoms. The van der Waals surface area contributed by atoms with Gasteiger partial charge in [0, 0.05) is 42.8 Å². The van der Waals surface area contributed by atoms with E-state index in [2.05, 4.69) is 0 Å². The number of likely N-dealkylation sites (tertiary alicyclic amines) is 1. The van der Waals surface area contributed by atoms with Gasteiger partial charge in [-0.3, -0.25) is 4.79 Å². The summed E-state index contributed by atoms with van der Waals surface area (Å²) in [7, 11) is -0.683. The third-order valence-electron chi connectivity index (χ3n) is 4.84. The van der Waals surface area contributed by atoms with E-state index in [4.69, 9.17) is 16.3 Å². The topological polar surface area (TPSA) is 66.9 Å². The number of carbonyl (C=O) groups is 1. The fourth-order valence-electron chi connectivity index (χ4n) is 3.25. The molecule has 28 heavy (non-hydrogen) atoms. The Kier molecular flexibility index (Phi) is 6.27. The number of amides is 1. The number of sulfonamides is 1. The Morgan fingerprint density at radius 2 is 1.79 bits per heavy atom. The summed E-state index contributed by atoms with van der Waals surface area (Å²) < 4.78 is 32.3. The van der Waals surface area contributed by atoms with Crippen molar-refractivity contribution in [1.29, 1.82) is 0 Å². The lowest BCUT2D eigenvalue weighted by molar-refractivity contribution is 0.0792. The largest absolute Gasteiger partial charge is 0.496 e. The molecular formula is C20H23ClN2O4S. The van der Waals surface area contributed by atoms with Gasteiger partial charge in [-0.05, 0) is 55.3 Å². The van der Waals surface area contributed by atoms with Crippen molar-refractivity contribution in [3.05, 3.63) is 58.6 Å². The summed E-state index contributed by atoms with van der Waals surface area (Å²) in [6, 6.07) is 11.2. The normalized spacial score (nSPS) is 14.5. The molecule has 1 aliphatic rings. The highest BCUT2D eigenvalue weighted by molar-refractivity contribution is 7.89. The van der Waals surface area contributed by atoms with Crippen LogP contribution in [0.3, 0.4) is 0 Å². The molecule has 2 aromatic rings. The number of halogens is 1. The molecule has 6 nitrogen and oxygen atoms in total. The van der Waals surface area contributed by atoms with Crippen molar-refractivity contribution >= 4 is 27.5 Å². The minimum atomic E-state index is -3.70. The Balaban J connectivity index is 1.86. The van der Waals surface area contributed by atoms with Crippen molar-refractivity contribution in [1.82, 2.24) is 9.21 Å². The summed E-state index contributed by atoms with van der Waals surface area (Å²) >= 11 is 5.85. The van der Waals surface area contributed by atoms with Crippen molar-refractivity contribution in [2.75, 3.05) is 27.2 Å². The first kappa shape index (κ1) is 20.6. The molecule has 1 aliphatic heterocycles. The van der Waals surface area contributed by atoms with Crippen molar-refractivity contribution < 1.29 is 17.9 Å². The number of carbonyl (C=O) groups excluding carboxylic acids is 1. The van der Waals surface area contributed by atoms with Crippen LogP contribution < -0.4 is 4.74 Å². The second kappa shape index (κ2) is 8.51. The summed E-state index contributed by atoms with van der Waals surface area (Å²) in [5.74, 6) is 0.501. The molecule has 3 rings (SSSR count). The molecule has 0 saturated carbocycles. The first-order chi connectivity index (χ1) is 13.3. The van der Waals surface area contributed by atoms with Gasteiger partial charge in [-0.1, -0.05) is 11.6 Å². The van der Waals surface area contributed by atoms with Gasteiger partial charge >= 0.3 is 0 Å². The minimum absolute atomic E-state index is 0.0374. The molecule has 0 aliphatic carbocycles. The van der Waals surface area contributed by atoms with Crippen LogP contribution in [0.25, 0.3) is 0 Å². The van der Waals surface area contributed by atoms with E-state index in [0.717, 1.165) is 25.9 Å². The number of benzene rings is 2. The standard InChI is InChI=1S/C20H23ClN2O4S/c1-22(28(25,26)18-8-6-17(21)7-9-18)14-16-13-15(5-10-19(16)27-2)20(24)23-11-3-4-12-23/h5-10,13H,3-4,11-12,14H2,1-2H3. The lowest BCUT2D eigenvalue weighted by Gasteiger charge is -2.20. The lowest BCUT2D eigenvalue weighted by Crippen LogP contribution is -2.28. The molecule has 0 N–H and O–H groups in total. The van der Waals surface area contributed by atoms with E-state index in [9.17, 15) is 13.2 Å². The Labute approximate surface area is 170 Å². The zero-order valence-corrected chi connectivity index (χ0v) is 17.5. The Bertz CT molecular complexity index is 955. The highest BCUT2D eigenvalue weighted by Gasteiger charge is 2.24. The Hall–Kier alpha value is -2.09.